The third-order valence-electron chi connectivity index (χ3n) is 13.0. The lowest BCUT2D eigenvalue weighted by Gasteiger charge is -2.18. The molecule has 6 heteroatoms. The third-order valence-corrected chi connectivity index (χ3v) is 13.0. The van der Waals surface area contributed by atoms with Gasteiger partial charge in [-0.15, -0.1) is 0 Å². The highest BCUT2D eigenvalue weighted by molar-refractivity contribution is 5.71. The van der Waals surface area contributed by atoms with E-state index in [2.05, 4.69) is 167 Å². The number of allylic oxidation sites excluding steroid dienone is 26. The van der Waals surface area contributed by atoms with Crippen molar-refractivity contribution in [2.24, 2.45) is 0 Å². The van der Waals surface area contributed by atoms with E-state index in [0.717, 1.165) is 128 Å². The van der Waals surface area contributed by atoms with Crippen LogP contribution in [0.4, 0.5) is 0 Å². The lowest BCUT2D eigenvalue weighted by atomic mass is 10.0. The second-order valence-corrected chi connectivity index (χ2v) is 20.5. The Labute approximate surface area is 486 Å². The zero-order valence-electron chi connectivity index (χ0n) is 50.8. The average molecular weight is 1090 g/mol. The predicted molar refractivity (Wildman–Crippen MR) is 343 cm³/mol. The molecular weight excluding hydrogens is 973 g/mol. The third kappa shape index (κ3) is 63.7. The molecule has 1 unspecified atom stereocenters. The Hall–Kier alpha value is -4.97. The van der Waals surface area contributed by atoms with Crippen LogP contribution < -0.4 is 0 Å². The van der Waals surface area contributed by atoms with Crippen molar-refractivity contribution in [1.82, 2.24) is 0 Å². The highest BCUT2D eigenvalue weighted by atomic mass is 16.6. The van der Waals surface area contributed by atoms with E-state index in [4.69, 9.17) is 14.2 Å². The smallest absolute Gasteiger partial charge is 0.306 e. The summed E-state index contributed by atoms with van der Waals surface area (Å²) in [5, 5.41) is 0. The number of rotatable bonds is 56. The molecule has 1 atom stereocenters. The molecule has 0 rings (SSSR count). The second kappa shape index (κ2) is 65.5. The fourth-order valence-electron chi connectivity index (χ4n) is 8.36. The van der Waals surface area contributed by atoms with Gasteiger partial charge < -0.3 is 14.2 Å². The van der Waals surface area contributed by atoms with Crippen LogP contribution in [-0.4, -0.2) is 37.2 Å². The topological polar surface area (TPSA) is 78.9 Å². The van der Waals surface area contributed by atoms with Crippen LogP contribution in [0.3, 0.4) is 0 Å². The van der Waals surface area contributed by atoms with E-state index in [1.807, 2.05) is 12.2 Å². The van der Waals surface area contributed by atoms with Crippen molar-refractivity contribution in [2.75, 3.05) is 13.2 Å². The quantitative estimate of drug-likeness (QED) is 0.0261. The predicted octanol–water partition coefficient (Wildman–Crippen LogP) is 22.1. The highest BCUT2D eigenvalue weighted by Gasteiger charge is 2.19. The van der Waals surface area contributed by atoms with E-state index in [0.29, 0.717) is 19.3 Å². The molecule has 0 aliphatic rings. The Morgan fingerprint density at radius 3 is 0.772 bits per heavy atom. The number of carbonyl (C=O) groups excluding carboxylic acids is 3. The van der Waals surface area contributed by atoms with Crippen LogP contribution in [0.25, 0.3) is 0 Å². The summed E-state index contributed by atoms with van der Waals surface area (Å²) >= 11 is 0. The zero-order valence-corrected chi connectivity index (χ0v) is 50.8. The van der Waals surface area contributed by atoms with Gasteiger partial charge in [0, 0.05) is 19.3 Å². The van der Waals surface area contributed by atoms with E-state index in [1.54, 1.807) is 0 Å². The number of unbranched alkanes of at least 4 members (excludes halogenated alkanes) is 19. The molecule has 6 nitrogen and oxygen atoms in total. The van der Waals surface area contributed by atoms with E-state index in [9.17, 15) is 14.4 Å². The highest BCUT2D eigenvalue weighted by Crippen LogP contribution is 2.16. The number of hydrogen-bond acceptors (Lipinski definition) is 6. The molecule has 0 N–H and O–H groups in total. The molecule has 0 aliphatic heterocycles. The lowest BCUT2D eigenvalue weighted by Crippen LogP contribution is -2.30. The first-order valence-electron chi connectivity index (χ1n) is 32.0. The van der Waals surface area contributed by atoms with Crippen molar-refractivity contribution in [3.8, 4) is 0 Å². The monoisotopic (exact) mass is 1090 g/mol. The summed E-state index contributed by atoms with van der Waals surface area (Å²) in [5.41, 5.74) is 0. The van der Waals surface area contributed by atoms with Gasteiger partial charge in [-0.05, 0) is 128 Å². The van der Waals surface area contributed by atoms with Crippen molar-refractivity contribution in [1.29, 1.82) is 0 Å². The van der Waals surface area contributed by atoms with Crippen LogP contribution in [0.2, 0.25) is 0 Å². The van der Waals surface area contributed by atoms with Crippen LogP contribution in [0.15, 0.2) is 158 Å². The maximum atomic E-state index is 12.9. The minimum atomic E-state index is -0.838. The molecular formula is C73H116O6. The molecule has 79 heavy (non-hydrogen) atoms. The van der Waals surface area contributed by atoms with Crippen LogP contribution >= 0.6 is 0 Å². The zero-order chi connectivity index (χ0) is 57.1. The van der Waals surface area contributed by atoms with E-state index in [-0.39, 0.29) is 31.6 Å². The summed E-state index contributed by atoms with van der Waals surface area (Å²) in [7, 11) is 0. The van der Waals surface area contributed by atoms with Crippen LogP contribution in [0, 0.1) is 0 Å². The SMILES string of the molecule is CC/C=C\C/C=C\C/C=C\C/C=C\C/C=C\C/C=C\CCC(=O)OC(COC(=O)CCCCC/C=C\C/C=C\C/C=C\CC)COC(=O)CCCCCCCCCCCCCCCCCC/C=C\C/C=C\C/C=C\C/C=C\CC. The molecule has 0 saturated heterocycles. The molecule has 0 heterocycles. The van der Waals surface area contributed by atoms with Crippen LogP contribution in [-0.2, 0) is 28.6 Å². The molecule has 0 bridgehead atoms. The number of esters is 3. The summed E-state index contributed by atoms with van der Waals surface area (Å²) in [6.07, 6.45) is 95.6. The van der Waals surface area contributed by atoms with Gasteiger partial charge in [0.05, 0.1) is 0 Å². The van der Waals surface area contributed by atoms with Gasteiger partial charge in [0.2, 0.25) is 0 Å². The molecule has 0 aromatic rings. The van der Waals surface area contributed by atoms with Crippen LogP contribution in [0.1, 0.15) is 265 Å². The Bertz CT molecular complexity index is 1780. The first-order chi connectivity index (χ1) is 39.0. The van der Waals surface area contributed by atoms with Gasteiger partial charge in [0.25, 0.3) is 0 Å². The van der Waals surface area contributed by atoms with Crippen molar-refractivity contribution in [2.45, 2.75) is 271 Å². The molecule has 444 valence electrons. The molecule has 0 saturated carbocycles. The second-order valence-electron chi connectivity index (χ2n) is 20.5. The summed E-state index contributed by atoms with van der Waals surface area (Å²) in [4.78, 5) is 38.2. The Morgan fingerprint density at radius 2 is 0.481 bits per heavy atom. The average Bonchev–Trinajstić information content (AvgIpc) is 3.45. The van der Waals surface area contributed by atoms with Crippen molar-refractivity contribution >= 4 is 17.9 Å². The maximum Gasteiger partial charge on any atom is 0.306 e. The molecule has 0 aromatic carbocycles. The van der Waals surface area contributed by atoms with Crippen molar-refractivity contribution in [3.63, 3.8) is 0 Å². The van der Waals surface area contributed by atoms with Gasteiger partial charge in [-0.1, -0.05) is 275 Å². The Kier molecular flexibility index (Phi) is 61.4. The Balaban J connectivity index is 4.37. The van der Waals surface area contributed by atoms with E-state index >= 15 is 0 Å². The van der Waals surface area contributed by atoms with Gasteiger partial charge in [0.15, 0.2) is 6.10 Å². The van der Waals surface area contributed by atoms with Gasteiger partial charge >= 0.3 is 17.9 Å². The van der Waals surface area contributed by atoms with Gasteiger partial charge in [-0.25, -0.2) is 0 Å². The molecule has 0 amide bonds. The first-order valence-corrected chi connectivity index (χ1v) is 32.0. The molecule has 0 aromatic heterocycles. The molecule has 0 spiro atoms. The summed E-state index contributed by atoms with van der Waals surface area (Å²) < 4.78 is 16.8. The van der Waals surface area contributed by atoms with E-state index in [1.165, 1.54) is 89.9 Å². The van der Waals surface area contributed by atoms with Crippen molar-refractivity contribution < 1.29 is 28.6 Å². The fraction of sp³-hybridized carbons (Fsp3) is 0.603. The van der Waals surface area contributed by atoms with Gasteiger partial charge in [-0.2, -0.15) is 0 Å². The summed E-state index contributed by atoms with van der Waals surface area (Å²) in [5.74, 6) is -1.04. The Morgan fingerprint density at radius 1 is 0.253 bits per heavy atom. The number of carbonyl (C=O) groups is 3. The summed E-state index contributed by atoms with van der Waals surface area (Å²) in [6.45, 7) is 6.21. The molecule has 0 aliphatic carbocycles. The van der Waals surface area contributed by atoms with Crippen molar-refractivity contribution in [3.05, 3.63) is 158 Å². The lowest BCUT2D eigenvalue weighted by molar-refractivity contribution is -0.166. The normalized spacial score (nSPS) is 13.2. The minimum absolute atomic E-state index is 0.123. The number of hydrogen-bond donors (Lipinski definition) is 0. The largest absolute Gasteiger partial charge is 0.462 e. The molecule has 0 radical (unpaired) electrons. The fourth-order valence-corrected chi connectivity index (χ4v) is 8.36. The number of ether oxygens (including phenoxy) is 3. The standard InChI is InChI=1S/C73H116O6/c1-4-7-10-13-16-19-22-25-27-29-31-32-33-34-35-36-37-38-39-40-42-43-45-48-51-54-57-60-63-66-72(75)78-69-70(68-77-71(74)65-62-59-56-53-50-47-24-21-18-15-12-9-6-3)79-73(76)67-64-61-58-55-52-49-46-44-41-30-28-26-23-20-17-14-11-8-5-2/h7-12,16-21,25-28,31-32,41,44,47,49-50,52,58,61,70H,4-6,13-15,22-24,29-30,33-40,42-43,45-46,48,51,53-57,59-60,62-69H2,1-3H3/b10-7-,11-8-,12-9-,19-16-,20-17-,21-18-,27-25-,28-26-,32-31-,44-41-,50-47-,52-49-,61-58-. The van der Waals surface area contributed by atoms with Gasteiger partial charge in [0.1, 0.15) is 13.2 Å². The maximum absolute atomic E-state index is 12.9. The van der Waals surface area contributed by atoms with Gasteiger partial charge in [-0.3, -0.25) is 14.4 Å². The summed E-state index contributed by atoms with van der Waals surface area (Å²) in [6, 6.07) is 0. The van der Waals surface area contributed by atoms with E-state index < -0.39 is 12.1 Å². The minimum Gasteiger partial charge on any atom is -0.462 e. The first kappa shape index (κ1) is 74.0. The molecule has 0 fully saturated rings. The van der Waals surface area contributed by atoms with Crippen LogP contribution in [0.5, 0.6) is 0 Å².